The zero-order valence-electron chi connectivity index (χ0n) is 24.5. The number of hydrogen-bond acceptors (Lipinski definition) is 6. The van der Waals surface area contributed by atoms with Gasteiger partial charge in [0.15, 0.2) is 0 Å². The predicted molar refractivity (Wildman–Crippen MR) is 161 cm³/mol. The van der Waals surface area contributed by atoms with E-state index >= 15 is 0 Å². The van der Waals surface area contributed by atoms with E-state index in [-0.39, 0.29) is 5.41 Å². The van der Waals surface area contributed by atoms with E-state index in [4.69, 9.17) is 14.6 Å². The van der Waals surface area contributed by atoms with Crippen LogP contribution in [-0.2, 0) is 14.9 Å². The molecule has 1 saturated heterocycles. The van der Waals surface area contributed by atoms with Gasteiger partial charge in [0, 0.05) is 42.1 Å². The van der Waals surface area contributed by atoms with Crippen molar-refractivity contribution < 1.29 is 19.1 Å². The summed E-state index contributed by atoms with van der Waals surface area (Å²) in [5.74, 6) is -0.196. The molecule has 0 spiro atoms. The number of benzene rings is 3. The molecule has 0 saturated carbocycles. The monoisotopic (exact) mass is 554 g/mol. The molecule has 8 nitrogen and oxygen atoms in total. The average Bonchev–Trinajstić information content (AvgIpc) is 3.39. The van der Waals surface area contributed by atoms with Gasteiger partial charge in [0.1, 0.15) is 18.2 Å². The third-order valence-electron chi connectivity index (χ3n) is 7.63. The van der Waals surface area contributed by atoms with E-state index in [1.54, 1.807) is 16.8 Å². The first kappa shape index (κ1) is 28.5. The van der Waals surface area contributed by atoms with Gasteiger partial charge in [-0.05, 0) is 48.6 Å². The molecule has 3 aromatic carbocycles. The van der Waals surface area contributed by atoms with E-state index < -0.39 is 11.7 Å². The van der Waals surface area contributed by atoms with Crippen LogP contribution in [0.4, 0.5) is 5.82 Å². The Hall–Kier alpha value is -4.01. The van der Waals surface area contributed by atoms with Crippen molar-refractivity contribution >= 4 is 28.3 Å². The van der Waals surface area contributed by atoms with Gasteiger partial charge in [-0.1, -0.05) is 57.2 Å². The van der Waals surface area contributed by atoms with Crippen LogP contribution in [0.3, 0.4) is 0 Å². The number of Topliss-reactive ketones (excluding diaryl/α,β-unsaturated/α-hetero) is 1. The zero-order valence-corrected chi connectivity index (χ0v) is 24.5. The Bertz CT molecular complexity index is 1580. The molecular formula is C33H38N4O4. The largest absolute Gasteiger partial charge is 0.492 e. The number of ether oxygens (including phenoxy) is 2. The Labute approximate surface area is 241 Å². The minimum atomic E-state index is -0.719. The van der Waals surface area contributed by atoms with E-state index in [0.29, 0.717) is 29.1 Å². The average molecular weight is 555 g/mol. The molecule has 1 aliphatic rings. The number of morpholine rings is 1. The van der Waals surface area contributed by atoms with Gasteiger partial charge >= 0.3 is 0 Å². The third kappa shape index (κ3) is 6.19. The molecular weight excluding hydrogens is 516 g/mol. The van der Waals surface area contributed by atoms with Crippen molar-refractivity contribution in [1.82, 2.24) is 14.7 Å². The molecule has 1 N–H and O–H groups in total. The van der Waals surface area contributed by atoms with E-state index in [2.05, 4.69) is 31.0 Å². The first-order chi connectivity index (χ1) is 19.6. The van der Waals surface area contributed by atoms with Crippen LogP contribution in [0.5, 0.6) is 5.75 Å². The molecule has 214 valence electrons. The van der Waals surface area contributed by atoms with Crippen LogP contribution in [0.2, 0.25) is 0 Å². The van der Waals surface area contributed by atoms with E-state index in [1.165, 1.54) is 0 Å². The highest BCUT2D eigenvalue weighted by Gasteiger charge is 2.25. The quantitative estimate of drug-likeness (QED) is 0.230. The number of carbonyl (C=O) groups excluding carboxylic acids is 2. The number of aryl methyl sites for hydroxylation is 1. The fourth-order valence-corrected chi connectivity index (χ4v) is 4.99. The van der Waals surface area contributed by atoms with E-state index in [9.17, 15) is 9.59 Å². The fraction of sp³-hybridized carbons (Fsp3) is 0.364. The molecule has 1 aliphatic heterocycles. The van der Waals surface area contributed by atoms with Crippen LogP contribution in [0, 0.1) is 13.8 Å². The molecule has 5 rings (SSSR count). The Morgan fingerprint density at radius 2 is 1.71 bits per heavy atom. The highest BCUT2D eigenvalue weighted by atomic mass is 16.5. The van der Waals surface area contributed by atoms with Gasteiger partial charge < -0.3 is 14.8 Å². The van der Waals surface area contributed by atoms with Crippen LogP contribution in [0.15, 0.2) is 60.7 Å². The second kappa shape index (κ2) is 11.8. The summed E-state index contributed by atoms with van der Waals surface area (Å²) in [7, 11) is 0. The number of aromatic nitrogens is 2. The fourth-order valence-electron chi connectivity index (χ4n) is 4.99. The van der Waals surface area contributed by atoms with Gasteiger partial charge in [-0.15, -0.1) is 0 Å². The molecule has 2 heterocycles. The summed E-state index contributed by atoms with van der Waals surface area (Å²) in [5, 5.41) is 9.16. The first-order valence-electron chi connectivity index (χ1n) is 14.1. The second-order valence-corrected chi connectivity index (χ2v) is 11.5. The Morgan fingerprint density at radius 1 is 0.976 bits per heavy atom. The number of anilines is 1. The summed E-state index contributed by atoms with van der Waals surface area (Å²) < 4.78 is 13.3. The maximum absolute atomic E-state index is 13.6. The summed E-state index contributed by atoms with van der Waals surface area (Å²) in [6, 6.07) is 18.8. The van der Waals surface area contributed by atoms with Crippen LogP contribution in [0.25, 0.3) is 16.5 Å². The molecule has 0 radical (unpaired) electrons. The molecule has 0 atom stereocenters. The Balaban J connectivity index is 1.40. The van der Waals surface area contributed by atoms with E-state index in [0.717, 1.165) is 60.7 Å². The number of carbonyl (C=O) groups is 2. The number of hydrogen-bond donors (Lipinski definition) is 1. The maximum atomic E-state index is 13.6. The lowest BCUT2D eigenvalue weighted by Crippen LogP contribution is -2.38. The lowest BCUT2D eigenvalue weighted by molar-refractivity contribution is -0.112. The van der Waals surface area contributed by atoms with Crippen molar-refractivity contribution in [3.8, 4) is 11.4 Å². The zero-order chi connectivity index (χ0) is 29.1. The minimum Gasteiger partial charge on any atom is -0.492 e. The van der Waals surface area contributed by atoms with Gasteiger partial charge in [-0.3, -0.25) is 14.5 Å². The molecule has 4 aromatic rings. The highest BCUT2D eigenvalue weighted by molar-refractivity contribution is 6.48. The third-order valence-corrected chi connectivity index (χ3v) is 7.63. The smallest absolute Gasteiger partial charge is 0.297 e. The highest BCUT2D eigenvalue weighted by Crippen LogP contribution is 2.31. The number of nitrogens with zero attached hydrogens (tertiary/aromatic N) is 3. The van der Waals surface area contributed by atoms with Gasteiger partial charge in [-0.25, -0.2) is 4.68 Å². The summed E-state index contributed by atoms with van der Waals surface area (Å²) in [6.07, 6.45) is 0. The summed E-state index contributed by atoms with van der Waals surface area (Å²) in [4.78, 5) is 29.3. The van der Waals surface area contributed by atoms with E-state index in [1.807, 2.05) is 62.4 Å². The molecule has 8 heteroatoms. The van der Waals surface area contributed by atoms with Gasteiger partial charge in [0.05, 0.1) is 24.6 Å². The number of nitrogens with one attached hydrogen (secondary N) is 1. The normalized spacial score (nSPS) is 14.3. The Morgan fingerprint density at radius 3 is 2.44 bits per heavy atom. The van der Waals surface area contributed by atoms with Crippen molar-refractivity contribution in [2.24, 2.45) is 0 Å². The molecule has 1 fully saturated rings. The topological polar surface area (TPSA) is 85.7 Å². The number of rotatable bonds is 8. The van der Waals surface area contributed by atoms with Gasteiger partial charge in [0.25, 0.3) is 11.7 Å². The minimum absolute atomic E-state index is 0.250. The summed E-state index contributed by atoms with van der Waals surface area (Å²) in [5.41, 5.74) is 3.90. The van der Waals surface area contributed by atoms with Crippen LogP contribution < -0.4 is 10.1 Å². The van der Waals surface area contributed by atoms with Crippen molar-refractivity contribution in [3.63, 3.8) is 0 Å². The molecule has 0 bridgehead atoms. The van der Waals surface area contributed by atoms with Gasteiger partial charge in [-0.2, -0.15) is 5.10 Å². The van der Waals surface area contributed by atoms with Crippen molar-refractivity contribution in [2.45, 2.75) is 40.0 Å². The SMILES string of the molecule is Cc1cccc(-n2nc(C(C)(C)C)cc2NC(=O)C(=O)c2ccc(OCCN3CCOCC3)c3ccccc23)c1C. The van der Waals surface area contributed by atoms with Crippen LogP contribution >= 0.6 is 0 Å². The lowest BCUT2D eigenvalue weighted by atomic mass is 9.92. The van der Waals surface area contributed by atoms with Crippen LogP contribution in [-0.4, -0.2) is 65.8 Å². The maximum Gasteiger partial charge on any atom is 0.297 e. The molecule has 41 heavy (non-hydrogen) atoms. The van der Waals surface area contributed by atoms with Crippen molar-refractivity contribution in [2.75, 3.05) is 44.8 Å². The number of ketones is 1. The van der Waals surface area contributed by atoms with Gasteiger partial charge in [0.2, 0.25) is 0 Å². The summed E-state index contributed by atoms with van der Waals surface area (Å²) in [6.45, 7) is 14.9. The van der Waals surface area contributed by atoms with Crippen molar-refractivity contribution in [1.29, 1.82) is 0 Å². The first-order valence-corrected chi connectivity index (χ1v) is 14.1. The second-order valence-electron chi connectivity index (χ2n) is 11.5. The Kier molecular flexibility index (Phi) is 8.24. The standard InChI is InChI=1S/C33H38N4O4/c1-22-9-8-12-27(23(22)2)37-30(21-29(35-37)33(3,4)5)34-32(39)31(38)26-13-14-28(25-11-7-6-10-24(25)26)41-20-17-36-15-18-40-19-16-36/h6-14,21H,15-20H2,1-5H3,(H,34,39). The molecule has 1 amide bonds. The number of fused-ring (bicyclic) bond motifs is 1. The lowest BCUT2D eigenvalue weighted by Gasteiger charge is -2.26. The van der Waals surface area contributed by atoms with Crippen molar-refractivity contribution in [3.05, 3.63) is 83.0 Å². The molecule has 0 aliphatic carbocycles. The molecule has 1 aromatic heterocycles. The molecule has 0 unspecified atom stereocenters. The summed E-state index contributed by atoms with van der Waals surface area (Å²) >= 11 is 0. The van der Waals surface area contributed by atoms with Crippen LogP contribution in [0.1, 0.15) is 48.0 Å². The predicted octanol–water partition coefficient (Wildman–Crippen LogP) is 5.47. The number of amides is 1.